The van der Waals surface area contributed by atoms with Gasteiger partial charge >= 0.3 is 11.8 Å². The minimum atomic E-state index is -0.823. The molecule has 1 N–H and O–H groups in total. The summed E-state index contributed by atoms with van der Waals surface area (Å²) in [5, 5.41) is 14.7. The minimum Gasteiger partial charge on any atom is -0.443 e. The van der Waals surface area contributed by atoms with Gasteiger partial charge in [0.05, 0.1) is 10.6 Å². The van der Waals surface area contributed by atoms with Crippen molar-refractivity contribution in [2.24, 2.45) is 0 Å². The number of carbonyl (C=O) groups excluding carboxylic acids is 1. The maximum Gasteiger partial charge on any atom is 0.416 e. The first kappa shape index (κ1) is 24.8. The lowest BCUT2D eigenvalue weighted by molar-refractivity contribution is -0.383. The Kier molecular flexibility index (Phi) is 7.27. The highest BCUT2D eigenvalue weighted by atomic mass is 19.1. The number of rotatable bonds is 3. The standard InChI is InChI=1S/C20H23FN4O5.C2H6/c1-11-6-7-14(13(21)10-11)22-15-12(2)18(26)23-8-9-24(17(23)16(15)25(28)29)19(27)30-20(3,4)5;1-2/h6-7,10,22H,8-9H2,1-5H3;1-2H3. The zero-order chi connectivity index (χ0) is 24.4. The zero-order valence-electron chi connectivity index (χ0n) is 19.4. The average molecular weight is 448 g/mol. The predicted molar refractivity (Wildman–Crippen MR) is 121 cm³/mol. The fraction of sp³-hybridized carbons (Fsp3) is 0.455. The second-order valence-electron chi connectivity index (χ2n) is 8.13. The van der Waals surface area contributed by atoms with Crippen molar-refractivity contribution in [1.29, 1.82) is 0 Å². The lowest BCUT2D eigenvalue weighted by atomic mass is 10.1. The number of hydrogen-bond acceptors (Lipinski definition) is 6. The first-order valence-electron chi connectivity index (χ1n) is 10.4. The summed E-state index contributed by atoms with van der Waals surface area (Å²) in [5.41, 5.74) is -1.26. The van der Waals surface area contributed by atoms with Crippen molar-refractivity contribution in [3.8, 4) is 0 Å². The van der Waals surface area contributed by atoms with Crippen LogP contribution in [0.3, 0.4) is 0 Å². The molecule has 1 aliphatic rings. The highest BCUT2D eigenvalue weighted by Gasteiger charge is 2.39. The molecule has 1 amide bonds. The quantitative estimate of drug-likeness (QED) is 0.521. The number of nitrogens with zero attached hydrogens (tertiary/aromatic N) is 3. The Morgan fingerprint density at radius 2 is 1.84 bits per heavy atom. The van der Waals surface area contributed by atoms with Crippen molar-refractivity contribution in [3.05, 3.63) is 55.6 Å². The summed E-state index contributed by atoms with van der Waals surface area (Å²) >= 11 is 0. The molecule has 1 aromatic heterocycles. The van der Waals surface area contributed by atoms with Crippen LogP contribution in [0.25, 0.3) is 0 Å². The Hall–Kier alpha value is -3.43. The number of carbonyl (C=O) groups is 1. The molecule has 174 valence electrons. The number of halogens is 1. The number of fused-ring (bicyclic) bond motifs is 1. The molecule has 32 heavy (non-hydrogen) atoms. The Morgan fingerprint density at radius 3 is 2.38 bits per heavy atom. The van der Waals surface area contributed by atoms with Gasteiger partial charge in [0.15, 0.2) is 0 Å². The van der Waals surface area contributed by atoms with Gasteiger partial charge in [-0.3, -0.25) is 24.4 Å². The number of pyridine rings is 1. The van der Waals surface area contributed by atoms with Gasteiger partial charge in [-0.1, -0.05) is 19.9 Å². The predicted octanol–water partition coefficient (Wildman–Crippen LogP) is 5.04. The van der Waals surface area contributed by atoms with Gasteiger partial charge in [-0.05, 0) is 52.3 Å². The summed E-state index contributed by atoms with van der Waals surface area (Å²) in [6.07, 6.45) is -0.799. The van der Waals surface area contributed by atoms with Gasteiger partial charge < -0.3 is 10.1 Å². The number of nitro groups is 1. The van der Waals surface area contributed by atoms with E-state index in [1.807, 2.05) is 13.8 Å². The number of ether oxygens (including phenoxy) is 1. The van der Waals surface area contributed by atoms with E-state index in [0.29, 0.717) is 5.56 Å². The molecule has 0 fully saturated rings. The molecule has 0 aliphatic carbocycles. The van der Waals surface area contributed by atoms with E-state index in [1.54, 1.807) is 33.8 Å². The molecule has 1 aromatic carbocycles. The summed E-state index contributed by atoms with van der Waals surface area (Å²) in [7, 11) is 0. The number of aryl methyl sites for hydroxylation is 1. The largest absolute Gasteiger partial charge is 0.443 e. The molecule has 3 rings (SSSR count). The van der Waals surface area contributed by atoms with Crippen LogP contribution in [0.15, 0.2) is 23.0 Å². The van der Waals surface area contributed by atoms with E-state index in [1.165, 1.54) is 23.6 Å². The van der Waals surface area contributed by atoms with Gasteiger partial charge in [-0.2, -0.15) is 0 Å². The van der Waals surface area contributed by atoms with Gasteiger partial charge in [0, 0.05) is 18.7 Å². The van der Waals surface area contributed by atoms with E-state index in [4.69, 9.17) is 4.74 Å². The van der Waals surface area contributed by atoms with Crippen LogP contribution < -0.4 is 15.8 Å². The van der Waals surface area contributed by atoms with Crippen LogP contribution in [0.5, 0.6) is 0 Å². The third-order valence-electron chi connectivity index (χ3n) is 4.63. The third-order valence-corrected chi connectivity index (χ3v) is 4.63. The summed E-state index contributed by atoms with van der Waals surface area (Å²) in [5.74, 6) is -0.798. The normalized spacial score (nSPS) is 12.6. The van der Waals surface area contributed by atoms with E-state index >= 15 is 0 Å². The van der Waals surface area contributed by atoms with Crippen LogP contribution in [0.2, 0.25) is 0 Å². The van der Waals surface area contributed by atoms with E-state index in [-0.39, 0.29) is 35.8 Å². The Labute approximate surface area is 185 Å². The topological polar surface area (TPSA) is 107 Å². The lowest BCUT2D eigenvalue weighted by Crippen LogP contribution is -2.36. The SMILES string of the molecule is CC.Cc1ccc(Nc2c([N+](=O)[O-])c3n(c(=O)c2C)CCN3C(=O)OC(C)(C)C)c(F)c1. The summed E-state index contributed by atoms with van der Waals surface area (Å²) in [4.78, 5) is 37.9. The van der Waals surface area contributed by atoms with Crippen LogP contribution in [0.4, 0.5) is 32.1 Å². The van der Waals surface area contributed by atoms with Crippen LogP contribution in [0, 0.1) is 29.8 Å². The molecule has 2 heterocycles. The third kappa shape index (κ3) is 4.90. The van der Waals surface area contributed by atoms with E-state index in [9.17, 15) is 24.1 Å². The first-order valence-corrected chi connectivity index (χ1v) is 10.4. The van der Waals surface area contributed by atoms with E-state index in [0.717, 1.165) is 4.90 Å². The molecular weight excluding hydrogens is 419 g/mol. The van der Waals surface area contributed by atoms with Crippen LogP contribution in [-0.4, -0.2) is 27.7 Å². The molecular formula is C22H29FN4O5. The van der Waals surface area contributed by atoms with E-state index < -0.39 is 33.7 Å². The van der Waals surface area contributed by atoms with Gasteiger partial charge in [-0.25, -0.2) is 9.18 Å². The number of nitrogens with one attached hydrogen (secondary N) is 1. The molecule has 0 radical (unpaired) electrons. The van der Waals surface area contributed by atoms with Crippen molar-refractivity contribution >= 4 is 29.0 Å². The number of benzene rings is 1. The van der Waals surface area contributed by atoms with Gasteiger partial charge in [0.25, 0.3) is 5.56 Å². The highest BCUT2D eigenvalue weighted by molar-refractivity contribution is 5.94. The molecule has 0 bridgehead atoms. The van der Waals surface area contributed by atoms with Gasteiger partial charge in [0.2, 0.25) is 5.82 Å². The molecule has 0 atom stereocenters. The Balaban J connectivity index is 0.00000176. The average Bonchev–Trinajstić information content (AvgIpc) is 3.13. The lowest BCUT2D eigenvalue weighted by Gasteiger charge is -2.24. The molecule has 0 spiro atoms. The molecule has 9 nitrogen and oxygen atoms in total. The van der Waals surface area contributed by atoms with Crippen molar-refractivity contribution in [2.75, 3.05) is 16.8 Å². The zero-order valence-corrected chi connectivity index (χ0v) is 19.4. The fourth-order valence-electron chi connectivity index (χ4n) is 3.29. The van der Waals surface area contributed by atoms with Crippen molar-refractivity contribution < 1.29 is 18.8 Å². The van der Waals surface area contributed by atoms with Crippen LogP contribution >= 0.6 is 0 Å². The first-order chi connectivity index (χ1) is 14.9. The minimum absolute atomic E-state index is 0.0158. The number of aromatic nitrogens is 1. The second-order valence-corrected chi connectivity index (χ2v) is 8.13. The van der Waals surface area contributed by atoms with Crippen molar-refractivity contribution in [1.82, 2.24) is 4.57 Å². The molecule has 0 unspecified atom stereocenters. The van der Waals surface area contributed by atoms with Crippen molar-refractivity contribution in [3.63, 3.8) is 0 Å². The molecule has 0 saturated carbocycles. The van der Waals surface area contributed by atoms with Gasteiger partial charge in [-0.15, -0.1) is 0 Å². The maximum absolute atomic E-state index is 14.4. The van der Waals surface area contributed by atoms with Gasteiger partial charge in [0.1, 0.15) is 17.1 Å². The summed E-state index contributed by atoms with van der Waals surface area (Å²) in [6, 6.07) is 4.35. The van der Waals surface area contributed by atoms with Crippen LogP contribution in [0.1, 0.15) is 45.7 Å². The van der Waals surface area contributed by atoms with E-state index in [2.05, 4.69) is 5.32 Å². The fourth-order valence-corrected chi connectivity index (χ4v) is 3.29. The molecule has 1 aliphatic heterocycles. The Bertz CT molecular complexity index is 1100. The highest BCUT2D eigenvalue weighted by Crippen LogP contribution is 2.40. The number of hydrogen-bond donors (Lipinski definition) is 1. The number of anilines is 3. The van der Waals surface area contributed by atoms with Crippen LogP contribution in [-0.2, 0) is 11.3 Å². The maximum atomic E-state index is 14.4. The summed E-state index contributed by atoms with van der Waals surface area (Å²) in [6.45, 7) is 12.3. The molecule has 10 heteroatoms. The Morgan fingerprint density at radius 1 is 1.22 bits per heavy atom. The van der Waals surface area contributed by atoms with Crippen molar-refractivity contribution in [2.45, 2.75) is 60.6 Å². The summed E-state index contributed by atoms with van der Waals surface area (Å²) < 4.78 is 20.9. The molecule has 2 aromatic rings. The smallest absolute Gasteiger partial charge is 0.416 e. The molecule has 0 saturated heterocycles. The second kappa shape index (κ2) is 9.37. The number of amides is 1. The monoisotopic (exact) mass is 448 g/mol.